The summed E-state index contributed by atoms with van der Waals surface area (Å²) < 4.78 is 6.19. The molecule has 1 aliphatic carbocycles. The van der Waals surface area contributed by atoms with Gasteiger partial charge >= 0.3 is 0 Å². The number of ether oxygens (including phenoxy) is 1. The molecule has 1 unspecified atom stereocenters. The highest BCUT2D eigenvalue weighted by molar-refractivity contribution is 5.13. The Hall–Kier alpha value is -0.860. The van der Waals surface area contributed by atoms with E-state index >= 15 is 0 Å². The van der Waals surface area contributed by atoms with Crippen LogP contribution < -0.4 is 0 Å². The van der Waals surface area contributed by atoms with Crippen molar-refractivity contribution in [3.8, 4) is 0 Å². The monoisotopic (exact) mass is 347 g/mol. The lowest BCUT2D eigenvalue weighted by atomic mass is 10.1. The SMILES string of the molecule is CCC.CCC(CN(CC)C1CCCCCC1)OCc1ccccc1. The molecule has 0 spiro atoms. The van der Waals surface area contributed by atoms with Crippen molar-refractivity contribution >= 4 is 0 Å². The molecule has 2 rings (SSSR count). The first-order chi connectivity index (χ1) is 12.2. The van der Waals surface area contributed by atoms with Gasteiger partial charge in [-0.3, -0.25) is 4.90 Å². The molecule has 1 atom stereocenters. The van der Waals surface area contributed by atoms with Crippen LogP contribution in [0.3, 0.4) is 0 Å². The van der Waals surface area contributed by atoms with Crippen molar-refractivity contribution in [1.29, 1.82) is 0 Å². The van der Waals surface area contributed by atoms with Crippen LogP contribution in [0.15, 0.2) is 30.3 Å². The van der Waals surface area contributed by atoms with Crippen LogP contribution in [0.4, 0.5) is 0 Å². The van der Waals surface area contributed by atoms with Crippen molar-refractivity contribution in [3.05, 3.63) is 35.9 Å². The van der Waals surface area contributed by atoms with Crippen LogP contribution in [-0.2, 0) is 11.3 Å². The topological polar surface area (TPSA) is 12.5 Å². The molecule has 0 amide bonds. The summed E-state index contributed by atoms with van der Waals surface area (Å²) in [6.45, 7) is 11.8. The maximum absolute atomic E-state index is 6.19. The summed E-state index contributed by atoms with van der Waals surface area (Å²) in [5, 5.41) is 0. The molecule has 1 fully saturated rings. The summed E-state index contributed by atoms with van der Waals surface area (Å²) in [6.07, 6.45) is 11.1. The van der Waals surface area contributed by atoms with Crippen LogP contribution in [0.2, 0.25) is 0 Å². The fourth-order valence-corrected chi connectivity index (χ4v) is 3.51. The summed E-state index contributed by atoms with van der Waals surface area (Å²) in [5.41, 5.74) is 1.28. The van der Waals surface area contributed by atoms with Gasteiger partial charge in [0.1, 0.15) is 0 Å². The van der Waals surface area contributed by atoms with Crippen LogP contribution in [0.1, 0.15) is 84.6 Å². The highest BCUT2D eigenvalue weighted by Gasteiger charge is 2.21. The second-order valence-corrected chi connectivity index (χ2v) is 7.27. The Morgan fingerprint density at radius 1 is 0.960 bits per heavy atom. The molecule has 2 nitrogen and oxygen atoms in total. The van der Waals surface area contributed by atoms with Crippen molar-refractivity contribution in [2.75, 3.05) is 13.1 Å². The summed E-state index contributed by atoms with van der Waals surface area (Å²) in [6, 6.07) is 11.3. The number of hydrogen-bond donors (Lipinski definition) is 0. The number of hydrogen-bond acceptors (Lipinski definition) is 2. The van der Waals surface area contributed by atoms with Gasteiger partial charge in [-0.15, -0.1) is 0 Å². The van der Waals surface area contributed by atoms with Gasteiger partial charge in [-0.1, -0.05) is 90.1 Å². The predicted octanol–water partition coefficient (Wildman–Crippen LogP) is 6.44. The Morgan fingerprint density at radius 3 is 2.08 bits per heavy atom. The molecule has 0 N–H and O–H groups in total. The third kappa shape index (κ3) is 9.42. The van der Waals surface area contributed by atoms with E-state index in [9.17, 15) is 0 Å². The predicted molar refractivity (Wildman–Crippen MR) is 110 cm³/mol. The first kappa shape index (κ1) is 22.2. The minimum absolute atomic E-state index is 0.350. The van der Waals surface area contributed by atoms with E-state index in [1.165, 1.54) is 50.5 Å². The Balaban J connectivity index is 0.000000970. The van der Waals surface area contributed by atoms with E-state index in [0.29, 0.717) is 6.10 Å². The van der Waals surface area contributed by atoms with Gasteiger partial charge in [-0.05, 0) is 31.4 Å². The van der Waals surface area contributed by atoms with Gasteiger partial charge in [-0.2, -0.15) is 0 Å². The molecular weight excluding hydrogens is 306 g/mol. The molecule has 0 heterocycles. The van der Waals surface area contributed by atoms with E-state index in [1.807, 2.05) is 0 Å². The zero-order valence-electron chi connectivity index (χ0n) is 17.2. The van der Waals surface area contributed by atoms with E-state index < -0.39 is 0 Å². The number of likely N-dealkylation sites (N-methyl/N-ethyl adjacent to an activating group) is 1. The van der Waals surface area contributed by atoms with Crippen molar-refractivity contribution < 1.29 is 4.74 Å². The number of nitrogens with zero attached hydrogens (tertiary/aromatic N) is 1. The molecule has 0 aromatic heterocycles. The zero-order chi connectivity index (χ0) is 18.3. The molecule has 25 heavy (non-hydrogen) atoms. The molecule has 1 saturated carbocycles. The van der Waals surface area contributed by atoms with Crippen molar-refractivity contribution in [1.82, 2.24) is 4.90 Å². The molecule has 0 radical (unpaired) electrons. The number of rotatable bonds is 8. The highest BCUT2D eigenvalue weighted by Crippen LogP contribution is 2.22. The highest BCUT2D eigenvalue weighted by atomic mass is 16.5. The van der Waals surface area contributed by atoms with Gasteiger partial charge in [0.05, 0.1) is 12.7 Å². The standard InChI is InChI=1S/C20H33NO.C3H8/c1-3-20(22-17-18-12-8-7-9-13-18)16-21(4-2)19-14-10-5-6-11-15-19;1-3-2/h7-9,12-13,19-20H,3-6,10-11,14-17H2,1-2H3;3H2,1-2H3. The summed E-state index contributed by atoms with van der Waals surface area (Å²) in [5.74, 6) is 0. The van der Waals surface area contributed by atoms with Crippen LogP contribution in [0.5, 0.6) is 0 Å². The summed E-state index contributed by atoms with van der Waals surface area (Å²) in [7, 11) is 0. The van der Waals surface area contributed by atoms with E-state index in [0.717, 1.165) is 32.2 Å². The van der Waals surface area contributed by atoms with Gasteiger partial charge in [0.15, 0.2) is 0 Å². The largest absolute Gasteiger partial charge is 0.372 e. The molecule has 144 valence electrons. The van der Waals surface area contributed by atoms with Gasteiger partial charge < -0.3 is 4.74 Å². The molecule has 1 aromatic carbocycles. The average molecular weight is 348 g/mol. The minimum atomic E-state index is 0.350. The Bertz CT molecular complexity index is 398. The molecule has 1 aromatic rings. The van der Waals surface area contributed by atoms with Crippen molar-refractivity contribution in [3.63, 3.8) is 0 Å². The van der Waals surface area contributed by atoms with Gasteiger partial charge in [-0.25, -0.2) is 0 Å². The number of benzene rings is 1. The molecule has 0 bridgehead atoms. The Kier molecular flexibility index (Phi) is 12.7. The van der Waals surface area contributed by atoms with Gasteiger partial charge in [0.25, 0.3) is 0 Å². The van der Waals surface area contributed by atoms with E-state index in [4.69, 9.17) is 4.74 Å². The van der Waals surface area contributed by atoms with Crippen molar-refractivity contribution in [2.24, 2.45) is 0 Å². The first-order valence-corrected chi connectivity index (χ1v) is 10.6. The van der Waals surface area contributed by atoms with Crippen LogP contribution in [-0.4, -0.2) is 30.1 Å². The van der Waals surface area contributed by atoms with Gasteiger partial charge in [0.2, 0.25) is 0 Å². The average Bonchev–Trinajstić information content (AvgIpc) is 2.93. The maximum atomic E-state index is 6.19. The quantitative estimate of drug-likeness (QED) is 0.501. The maximum Gasteiger partial charge on any atom is 0.0721 e. The van der Waals surface area contributed by atoms with E-state index in [1.54, 1.807) is 0 Å². The Morgan fingerprint density at radius 2 is 1.56 bits per heavy atom. The third-order valence-electron chi connectivity index (χ3n) is 4.97. The van der Waals surface area contributed by atoms with E-state index in [2.05, 4.69) is 62.9 Å². The van der Waals surface area contributed by atoms with Crippen LogP contribution in [0, 0.1) is 0 Å². The fraction of sp³-hybridized carbons (Fsp3) is 0.739. The smallest absolute Gasteiger partial charge is 0.0721 e. The van der Waals surface area contributed by atoms with Crippen LogP contribution in [0.25, 0.3) is 0 Å². The molecule has 1 aliphatic rings. The first-order valence-electron chi connectivity index (χ1n) is 10.6. The summed E-state index contributed by atoms with van der Waals surface area (Å²) >= 11 is 0. The van der Waals surface area contributed by atoms with Crippen LogP contribution >= 0.6 is 0 Å². The normalized spacial score (nSPS) is 16.8. The third-order valence-corrected chi connectivity index (χ3v) is 4.97. The van der Waals surface area contributed by atoms with Crippen molar-refractivity contribution in [2.45, 2.75) is 97.8 Å². The lowest BCUT2D eigenvalue weighted by molar-refractivity contribution is 0.00309. The minimum Gasteiger partial charge on any atom is -0.372 e. The fourth-order valence-electron chi connectivity index (χ4n) is 3.51. The lowest BCUT2D eigenvalue weighted by Gasteiger charge is -2.33. The molecular formula is C23H41NO. The van der Waals surface area contributed by atoms with Gasteiger partial charge in [0, 0.05) is 12.6 Å². The molecule has 2 heteroatoms. The lowest BCUT2D eigenvalue weighted by Crippen LogP contribution is -2.41. The molecule has 0 aliphatic heterocycles. The second kappa shape index (κ2) is 14.3. The summed E-state index contributed by atoms with van der Waals surface area (Å²) in [4.78, 5) is 2.67. The molecule has 0 saturated heterocycles. The second-order valence-electron chi connectivity index (χ2n) is 7.27. The Labute approximate surface area is 157 Å². The van der Waals surface area contributed by atoms with E-state index in [-0.39, 0.29) is 0 Å². The zero-order valence-corrected chi connectivity index (χ0v) is 17.2.